The number of hydrogen-bond donors (Lipinski definition) is 1. The third-order valence-corrected chi connectivity index (χ3v) is 4.20. The lowest BCUT2D eigenvalue weighted by atomic mass is 10.1. The molecule has 0 aliphatic carbocycles. The minimum atomic E-state index is 0.622. The van der Waals surface area contributed by atoms with Crippen molar-refractivity contribution >= 4 is 11.3 Å². The summed E-state index contributed by atoms with van der Waals surface area (Å²) in [6, 6.07) is 5.62. The van der Waals surface area contributed by atoms with Crippen molar-refractivity contribution in [3.63, 3.8) is 0 Å². The molecule has 0 amide bonds. The molecule has 0 aromatic carbocycles. The Morgan fingerprint density at radius 2 is 2.18 bits per heavy atom. The van der Waals surface area contributed by atoms with Gasteiger partial charge in [0.05, 0.1) is 0 Å². The summed E-state index contributed by atoms with van der Waals surface area (Å²) in [5, 5.41) is 5.62. The smallest absolute Gasteiger partial charge is 0.0112 e. The Morgan fingerprint density at radius 1 is 1.41 bits per heavy atom. The molecular formula is C14H26N2S. The first kappa shape index (κ1) is 14.7. The average Bonchev–Trinajstić information content (AvgIpc) is 2.79. The quantitative estimate of drug-likeness (QED) is 0.767. The van der Waals surface area contributed by atoms with Crippen LogP contribution in [0.2, 0.25) is 0 Å². The lowest BCUT2D eigenvalue weighted by molar-refractivity contribution is 0.244. The lowest BCUT2D eigenvalue weighted by Gasteiger charge is -2.25. The van der Waals surface area contributed by atoms with Crippen LogP contribution in [0.3, 0.4) is 0 Å². The number of nitrogens with one attached hydrogen (secondary N) is 1. The zero-order valence-corrected chi connectivity index (χ0v) is 12.4. The molecule has 2 unspecified atom stereocenters. The molecule has 0 saturated carbocycles. The Morgan fingerprint density at radius 3 is 2.76 bits per heavy atom. The van der Waals surface area contributed by atoms with Crippen LogP contribution in [0.1, 0.15) is 32.1 Å². The van der Waals surface area contributed by atoms with E-state index >= 15 is 0 Å². The van der Waals surface area contributed by atoms with Gasteiger partial charge in [0, 0.05) is 17.0 Å². The van der Waals surface area contributed by atoms with Crippen molar-refractivity contribution in [2.45, 2.75) is 45.7 Å². The maximum atomic E-state index is 3.46. The van der Waals surface area contributed by atoms with Crippen LogP contribution in [0.15, 0.2) is 17.5 Å². The third kappa shape index (κ3) is 5.66. The zero-order chi connectivity index (χ0) is 12.7. The monoisotopic (exact) mass is 254 g/mol. The van der Waals surface area contributed by atoms with E-state index in [9.17, 15) is 0 Å². The van der Waals surface area contributed by atoms with Gasteiger partial charge in [0.25, 0.3) is 0 Å². The van der Waals surface area contributed by atoms with Gasteiger partial charge in [-0.3, -0.25) is 0 Å². The Kier molecular flexibility index (Phi) is 6.78. The second kappa shape index (κ2) is 7.85. The second-order valence-electron chi connectivity index (χ2n) is 4.86. The molecule has 0 aliphatic rings. The summed E-state index contributed by atoms with van der Waals surface area (Å²) in [6.07, 6.45) is 2.39. The van der Waals surface area contributed by atoms with Gasteiger partial charge in [-0.25, -0.2) is 0 Å². The normalized spacial score (nSPS) is 15.1. The molecule has 3 heteroatoms. The van der Waals surface area contributed by atoms with E-state index in [1.165, 1.54) is 24.3 Å². The topological polar surface area (TPSA) is 15.3 Å². The molecule has 0 aliphatic heterocycles. The van der Waals surface area contributed by atoms with Crippen molar-refractivity contribution in [1.29, 1.82) is 0 Å². The summed E-state index contributed by atoms with van der Waals surface area (Å²) in [5.41, 5.74) is 0. The van der Waals surface area contributed by atoms with Gasteiger partial charge >= 0.3 is 0 Å². The van der Waals surface area contributed by atoms with Crippen molar-refractivity contribution in [3.8, 4) is 0 Å². The molecule has 17 heavy (non-hydrogen) atoms. The van der Waals surface area contributed by atoms with Crippen LogP contribution in [0, 0.1) is 0 Å². The molecule has 0 saturated heterocycles. The first-order valence-corrected chi connectivity index (χ1v) is 7.47. The van der Waals surface area contributed by atoms with Crippen LogP contribution in [0.25, 0.3) is 0 Å². The Bertz CT molecular complexity index is 284. The molecule has 1 rings (SSSR count). The van der Waals surface area contributed by atoms with Crippen molar-refractivity contribution in [1.82, 2.24) is 10.2 Å². The molecule has 1 aromatic rings. The fraction of sp³-hybridized carbons (Fsp3) is 0.714. The number of likely N-dealkylation sites (N-methyl/N-ethyl adjacent to an activating group) is 1. The summed E-state index contributed by atoms with van der Waals surface area (Å²) in [4.78, 5) is 3.96. The number of nitrogens with zero attached hydrogens (tertiary/aromatic N) is 1. The molecule has 0 fully saturated rings. The Labute approximate surface area is 110 Å². The predicted octanol–water partition coefficient (Wildman–Crippen LogP) is 3.00. The van der Waals surface area contributed by atoms with Crippen LogP contribution in [-0.4, -0.2) is 37.1 Å². The Hall–Kier alpha value is -0.380. The highest BCUT2D eigenvalue weighted by molar-refractivity contribution is 7.09. The molecule has 1 aromatic heterocycles. The molecule has 98 valence electrons. The van der Waals surface area contributed by atoms with Crippen LogP contribution in [0.4, 0.5) is 0 Å². The summed E-state index contributed by atoms with van der Waals surface area (Å²) in [6.45, 7) is 8.98. The third-order valence-electron chi connectivity index (χ3n) is 3.30. The largest absolute Gasteiger partial charge is 0.314 e. The van der Waals surface area contributed by atoms with E-state index < -0.39 is 0 Å². The maximum absolute atomic E-state index is 3.46. The van der Waals surface area contributed by atoms with Crippen molar-refractivity contribution < 1.29 is 0 Å². The standard InChI is InChI=1S/C14H26N2S/c1-5-15-12(2)8-9-16(4)13(3)11-14-7-6-10-17-14/h6-7,10,12-13,15H,5,8-9,11H2,1-4H3. The Balaban J connectivity index is 2.24. The molecule has 1 N–H and O–H groups in total. The van der Waals surface area contributed by atoms with Gasteiger partial charge in [0.1, 0.15) is 0 Å². The van der Waals surface area contributed by atoms with Crippen molar-refractivity contribution in [3.05, 3.63) is 22.4 Å². The molecule has 2 nitrogen and oxygen atoms in total. The molecule has 0 spiro atoms. The molecular weight excluding hydrogens is 228 g/mol. The molecule has 0 radical (unpaired) electrons. The lowest BCUT2D eigenvalue weighted by Crippen LogP contribution is -2.35. The fourth-order valence-corrected chi connectivity index (χ4v) is 2.77. The summed E-state index contributed by atoms with van der Waals surface area (Å²) < 4.78 is 0. The first-order valence-electron chi connectivity index (χ1n) is 6.59. The van der Waals surface area contributed by atoms with Gasteiger partial charge in [-0.1, -0.05) is 13.0 Å². The molecule has 0 bridgehead atoms. The van der Waals surface area contributed by atoms with E-state index in [4.69, 9.17) is 0 Å². The first-order chi connectivity index (χ1) is 8.13. The van der Waals surface area contributed by atoms with Crippen LogP contribution < -0.4 is 5.32 Å². The minimum Gasteiger partial charge on any atom is -0.314 e. The fourth-order valence-electron chi connectivity index (χ4n) is 1.94. The van der Waals surface area contributed by atoms with E-state index in [-0.39, 0.29) is 0 Å². The summed E-state index contributed by atoms with van der Waals surface area (Å²) >= 11 is 1.86. The van der Waals surface area contributed by atoms with Gasteiger partial charge in [-0.05, 0) is 58.3 Å². The van der Waals surface area contributed by atoms with Crippen LogP contribution >= 0.6 is 11.3 Å². The zero-order valence-electron chi connectivity index (χ0n) is 11.6. The highest BCUT2D eigenvalue weighted by Crippen LogP contribution is 2.13. The highest BCUT2D eigenvalue weighted by atomic mass is 32.1. The second-order valence-corrected chi connectivity index (χ2v) is 5.89. The number of rotatable bonds is 8. The van der Waals surface area contributed by atoms with Gasteiger partial charge in [0.15, 0.2) is 0 Å². The van der Waals surface area contributed by atoms with E-state index in [0.29, 0.717) is 12.1 Å². The predicted molar refractivity (Wildman–Crippen MR) is 77.9 cm³/mol. The van der Waals surface area contributed by atoms with Gasteiger partial charge < -0.3 is 10.2 Å². The maximum Gasteiger partial charge on any atom is 0.0112 e. The van der Waals surface area contributed by atoms with Gasteiger partial charge in [-0.15, -0.1) is 11.3 Å². The summed E-state index contributed by atoms with van der Waals surface area (Å²) in [5.74, 6) is 0. The van der Waals surface area contributed by atoms with E-state index in [0.717, 1.165) is 6.54 Å². The van der Waals surface area contributed by atoms with Crippen LogP contribution in [-0.2, 0) is 6.42 Å². The summed E-state index contributed by atoms with van der Waals surface area (Å²) in [7, 11) is 2.23. The molecule has 1 heterocycles. The van der Waals surface area contributed by atoms with Gasteiger partial charge in [0.2, 0.25) is 0 Å². The van der Waals surface area contributed by atoms with E-state index in [1.54, 1.807) is 0 Å². The average molecular weight is 254 g/mol. The van der Waals surface area contributed by atoms with E-state index in [2.05, 4.69) is 55.5 Å². The molecule has 2 atom stereocenters. The SMILES string of the molecule is CCNC(C)CCN(C)C(C)Cc1cccs1. The van der Waals surface area contributed by atoms with Crippen LogP contribution in [0.5, 0.6) is 0 Å². The number of thiophene rings is 1. The number of hydrogen-bond acceptors (Lipinski definition) is 3. The van der Waals surface area contributed by atoms with E-state index in [1.807, 2.05) is 11.3 Å². The van der Waals surface area contributed by atoms with Crippen molar-refractivity contribution in [2.24, 2.45) is 0 Å². The van der Waals surface area contributed by atoms with Crippen molar-refractivity contribution in [2.75, 3.05) is 20.1 Å². The van der Waals surface area contributed by atoms with Gasteiger partial charge in [-0.2, -0.15) is 0 Å². The minimum absolute atomic E-state index is 0.622. The highest BCUT2D eigenvalue weighted by Gasteiger charge is 2.11.